The molecule has 2 aromatic rings. The van der Waals surface area contributed by atoms with Crippen LogP contribution in [0.4, 0.5) is 0 Å². The predicted molar refractivity (Wildman–Crippen MR) is 117 cm³/mol. The fourth-order valence-corrected chi connectivity index (χ4v) is 3.61. The lowest BCUT2D eigenvalue weighted by molar-refractivity contribution is 0.0773. The van der Waals surface area contributed by atoms with E-state index in [9.17, 15) is 4.79 Å². The molecule has 2 rings (SSSR count). The van der Waals surface area contributed by atoms with E-state index in [1.807, 2.05) is 56.9 Å². The van der Waals surface area contributed by atoms with Crippen LogP contribution in [0.25, 0.3) is 0 Å². The number of nitrogens with zero attached hydrogens (tertiary/aromatic N) is 3. The van der Waals surface area contributed by atoms with E-state index in [0.717, 1.165) is 47.4 Å². The van der Waals surface area contributed by atoms with Crippen LogP contribution in [0, 0.1) is 13.8 Å². The Labute approximate surface area is 172 Å². The molecule has 0 atom stereocenters. The average molecular weight is 402 g/mol. The Morgan fingerprint density at radius 2 is 1.79 bits per heavy atom. The fourth-order valence-electron chi connectivity index (χ4n) is 2.73. The molecular weight excluding hydrogens is 370 g/mol. The summed E-state index contributed by atoms with van der Waals surface area (Å²) in [5.41, 5.74) is 2.87. The summed E-state index contributed by atoms with van der Waals surface area (Å²) in [7, 11) is 0. The van der Waals surface area contributed by atoms with Gasteiger partial charge in [0, 0.05) is 30.1 Å². The number of thiazole rings is 1. The average Bonchev–Trinajstić information content (AvgIpc) is 3.03. The molecule has 6 nitrogen and oxygen atoms in total. The maximum atomic E-state index is 12.4. The number of aryl methyl sites for hydroxylation is 2. The first kappa shape index (κ1) is 21.9. The number of amides is 1. The Morgan fingerprint density at radius 1 is 1.11 bits per heavy atom. The molecule has 0 bridgehead atoms. The van der Waals surface area contributed by atoms with Crippen molar-refractivity contribution in [1.29, 1.82) is 0 Å². The molecule has 0 spiro atoms. The number of rotatable bonds is 8. The molecule has 0 radical (unpaired) electrons. The Kier molecular flexibility index (Phi) is 8.44. The number of benzene rings is 1. The van der Waals surface area contributed by atoms with Crippen molar-refractivity contribution >= 4 is 23.2 Å². The molecule has 0 fully saturated rings. The van der Waals surface area contributed by atoms with Gasteiger partial charge in [0.05, 0.1) is 18.8 Å². The van der Waals surface area contributed by atoms with Crippen LogP contribution >= 0.6 is 11.3 Å². The van der Waals surface area contributed by atoms with E-state index in [0.29, 0.717) is 13.1 Å². The lowest BCUT2D eigenvalue weighted by Crippen LogP contribution is -2.36. The van der Waals surface area contributed by atoms with Crippen LogP contribution in [-0.4, -0.2) is 41.4 Å². The largest absolute Gasteiger partial charge is 0.357 e. The van der Waals surface area contributed by atoms with Crippen LogP contribution in [-0.2, 0) is 13.1 Å². The summed E-state index contributed by atoms with van der Waals surface area (Å²) in [6.07, 6.45) is 0. The normalized spacial score (nSPS) is 11.4. The molecule has 1 aromatic carbocycles. The second-order valence-corrected chi connectivity index (χ2v) is 7.76. The zero-order chi connectivity index (χ0) is 20.5. The van der Waals surface area contributed by atoms with Gasteiger partial charge >= 0.3 is 0 Å². The molecule has 7 heteroatoms. The number of aromatic nitrogens is 1. The molecule has 1 amide bonds. The van der Waals surface area contributed by atoms with E-state index in [1.54, 1.807) is 11.3 Å². The third-order valence-electron chi connectivity index (χ3n) is 4.50. The van der Waals surface area contributed by atoms with Crippen LogP contribution in [0.1, 0.15) is 52.3 Å². The van der Waals surface area contributed by atoms with Crippen LogP contribution in [0.5, 0.6) is 0 Å². The summed E-state index contributed by atoms with van der Waals surface area (Å²) in [6, 6.07) is 7.70. The van der Waals surface area contributed by atoms with E-state index in [2.05, 4.69) is 27.5 Å². The van der Waals surface area contributed by atoms with Crippen molar-refractivity contribution in [3.05, 3.63) is 51.0 Å². The van der Waals surface area contributed by atoms with E-state index < -0.39 is 0 Å². The van der Waals surface area contributed by atoms with Gasteiger partial charge in [-0.1, -0.05) is 12.1 Å². The van der Waals surface area contributed by atoms with Crippen molar-refractivity contribution in [1.82, 2.24) is 20.5 Å². The number of guanidine groups is 1. The van der Waals surface area contributed by atoms with Crippen LogP contribution < -0.4 is 10.6 Å². The lowest BCUT2D eigenvalue weighted by atomic mass is 10.1. The number of carbonyl (C=O) groups is 1. The summed E-state index contributed by atoms with van der Waals surface area (Å²) in [5.74, 6) is 0.834. The first-order chi connectivity index (χ1) is 13.5. The van der Waals surface area contributed by atoms with Crippen molar-refractivity contribution in [3.63, 3.8) is 0 Å². The molecule has 1 aromatic heterocycles. The quantitative estimate of drug-likeness (QED) is 0.525. The molecule has 0 unspecified atom stereocenters. The maximum Gasteiger partial charge on any atom is 0.253 e. The Bertz CT molecular complexity index is 774. The Morgan fingerprint density at radius 3 is 2.32 bits per heavy atom. The Hall–Kier alpha value is -2.41. The van der Waals surface area contributed by atoms with Crippen molar-refractivity contribution in [3.8, 4) is 0 Å². The van der Waals surface area contributed by atoms with Crippen molar-refractivity contribution < 1.29 is 4.79 Å². The molecule has 0 saturated heterocycles. The van der Waals surface area contributed by atoms with Gasteiger partial charge in [0.1, 0.15) is 5.01 Å². The van der Waals surface area contributed by atoms with E-state index in [4.69, 9.17) is 0 Å². The minimum atomic E-state index is 0.0732. The van der Waals surface area contributed by atoms with Crippen LogP contribution in [0.15, 0.2) is 29.3 Å². The standard InChI is InChI=1S/C21H31N5OS/c1-6-22-21(24-14-19-25-15(4)16(5)28-19)23-13-17-9-11-18(12-10-17)20(27)26(7-2)8-3/h9-12H,6-8,13-14H2,1-5H3,(H2,22,23,24). The smallest absolute Gasteiger partial charge is 0.253 e. The molecule has 0 saturated carbocycles. The van der Waals surface area contributed by atoms with Gasteiger partial charge in [-0.15, -0.1) is 11.3 Å². The highest BCUT2D eigenvalue weighted by atomic mass is 32.1. The highest BCUT2D eigenvalue weighted by Gasteiger charge is 2.11. The first-order valence-electron chi connectivity index (χ1n) is 9.81. The highest BCUT2D eigenvalue weighted by Crippen LogP contribution is 2.16. The summed E-state index contributed by atoms with van der Waals surface area (Å²) < 4.78 is 0. The predicted octanol–water partition coefficient (Wildman–Crippen LogP) is 3.50. The SMILES string of the molecule is CCNC(=NCc1ccc(C(=O)N(CC)CC)cc1)NCc1nc(C)c(C)s1. The van der Waals surface area contributed by atoms with E-state index in [1.165, 1.54) is 4.88 Å². The summed E-state index contributed by atoms with van der Waals surface area (Å²) in [6.45, 7) is 13.6. The molecule has 1 heterocycles. The highest BCUT2D eigenvalue weighted by molar-refractivity contribution is 7.11. The van der Waals surface area contributed by atoms with E-state index in [-0.39, 0.29) is 5.91 Å². The third kappa shape index (κ3) is 6.05. The summed E-state index contributed by atoms with van der Waals surface area (Å²) in [5, 5.41) is 7.65. The zero-order valence-electron chi connectivity index (χ0n) is 17.5. The van der Waals surface area contributed by atoms with Gasteiger partial charge in [-0.25, -0.2) is 9.98 Å². The van der Waals surface area contributed by atoms with Crippen molar-refractivity contribution in [2.45, 2.75) is 47.7 Å². The summed E-state index contributed by atoms with van der Waals surface area (Å²) >= 11 is 1.71. The molecule has 152 valence electrons. The molecular formula is C21H31N5OS. The lowest BCUT2D eigenvalue weighted by Gasteiger charge is -2.18. The minimum Gasteiger partial charge on any atom is -0.357 e. The summed E-state index contributed by atoms with van der Waals surface area (Å²) in [4.78, 5) is 24.7. The monoisotopic (exact) mass is 401 g/mol. The van der Waals surface area contributed by atoms with Gasteiger partial charge < -0.3 is 15.5 Å². The zero-order valence-corrected chi connectivity index (χ0v) is 18.3. The van der Waals surface area contributed by atoms with Crippen molar-refractivity contribution in [2.75, 3.05) is 19.6 Å². The van der Waals surface area contributed by atoms with Gasteiger partial charge in [-0.05, 0) is 52.3 Å². The second kappa shape index (κ2) is 10.8. The molecule has 0 aliphatic heterocycles. The second-order valence-electron chi connectivity index (χ2n) is 6.47. The molecule has 0 aliphatic carbocycles. The number of hydrogen-bond acceptors (Lipinski definition) is 4. The van der Waals surface area contributed by atoms with Crippen LogP contribution in [0.3, 0.4) is 0 Å². The molecule has 28 heavy (non-hydrogen) atoms. The fraction of sp³-hybridized carbons (Fsp3) is 0.476. The minimum absolute atomic E-state index is 0.0732. The number of carbonyl (C=O) groups excluding carboxylic acids is 1. The van der Waals surface area contributed by atoms with Gasteiger partial charge in [-0.3, -0.25) is 4.79 Å². The molecule has 2 N–H and O–H groups in total. The first-order valence-corrected chi connectivity index (χ1v) is 10.6. The van der Waals surface area contributed by atoms with Crippen molar-refractivity contribution in [2.24, 2.45) is 4.99 Å². The maximum absolute atomic E-state index is 12.4. The Balaban J connectivity index is 1.98. The van der Waals surface area contributed by atoms with Gasteiger partial charge in [0.25, 0.3) is 5.91 Å². The van der Waals surface area contributed by atoms with Gasteiger partial charge in [-0.2, -0.15) is 0 Å². The van der Waals surface area contributed by atoms with E-state index >= 15 is 0 Å². The topological polar surface area (TPSA) is 69.6 Å². The van der Waals surface area contributed by atoms with Gasteiger partial charge in [0.15, 0.2) is 5.96 Å². The van der Waals surface area contributed by atoms with Gasteiger partial charge in [0.2, 0.25) is 0 Å². The number of aliphatic imine (C=N–C) groups is 1. The molecule has 0 aliphatic rings. The third-order valence-corrected chi connectivity index (χ3v) is 5.57. The number of hydrogen-bond donors (Lipinski definition) is 2. The van der Waals surface area contributed by atoms with Crippen LogP contribution in [0.2, 0.25) is 0 Å². The number of nitrogens with one attached hydrogen (secondary N) is 2.